The van der Waals surface area contributed by atoms with Crippen LogP contribution in [-0.4, -0.2) is 12.5 Å². The Kier molecular flexibility index (Phi) is 2.63. The van der Waals surface area contributed by atoms with Gasteiger partial charge in [0.1, 0.15) is 5.82 Å². The highest BCUT2D eigenvalue weighted by Gasteiger charge is 2.38. The van der Waals surface area contributed by atoms with Crippen LogP contribution in [0.4, 0.5) is 10.1 Å². The van der Waals surface area contributed by atoms with Crippen molar-refractivity contribution in [3.8, 4) is 0 Å². The summed E-state index contributed by atoms with van der Waals surface area (Å²) in [5, 5.41) is 2.87. The van der Waals surface area contributed by atoms with Crippen LogP contribution < -0.4 is 11.1 Å². The smallest absolute Gasteiger partial charge is 0.228 e. The number of hydrogen-bond donors (Lipinski definition) is 2. The van der Waals surface area contributed by atoms with E-state index in [4.69, 9.17) is 5.73 Å². The topological polar surface area (TPSA) is 55.1 Å². The van der Waals surface area contributed by atoms with E-state index in [-0.39, 0.29) is 23.6 Å². The summed E-state index contributed by atoms with van der Waals surface area (Å²) >= 11 is 0. The number of nitrogens with one attached hydrogen (secondary N) is 1. The Morgan fingerprint density at radius 1 is 1.33 bits per heavy atom. The van der Waals surface area contributed by atoms with E-state index in [1.165, 1.54) is 6.07 Å². The van der Waals surface area contributed by atoms with E-state index in [2.05, 4.69) is 5.32 Å². The molecule has 0 atom stereocenters. The number of rotatable bonds is 2. The SMILES string of the molecule is NCC1(c2cc(F)cc3c2NC(=O)C3)CCCC1. The molecule has 3 N–H and O–H groups in total. The molecule has 1 heterocycles. The fraction of sp³-hybridized carbons (Fsp3) is 0.500. The van der Waals surface area contributed by atoms with Gasteiger partial charge in [-0.05, 0) is 36.1 Å². The second-order valence-electron chi connectivity index (χ2n) is 5.40. The van der Waals surface area contributed by atoms with Gasteiger partial charge in [0.2, 0.25) is 5.91 Å². The van der Waals surface area contributed by atoms with Crippen LogP contribution in [0.15, 0.2) is 12.1 Å². The van der Waals surface area contributed by atoms with Crippen molar-refractivity contribution in [1.82, 2.24) is 0 Å². The maximum absolute atomic E-state index is 13.7. The van der Waals surface area contributed by atoms with Crippen LogP contribution in [0, 0.1) is 5.82 Å². The molecule has 1 amide bonds. The largest absolute Gasteiger partial charge is 0.330 e. The average Bonchev–Trinajstić information content (AvgIpc) is 2.94. The van der Waals surface area contributed by atoms with Gasteiger partial charge in [-0.3, -0.25) is 4.79 Å². The summed E-state index contributed by atoms with van der Waals surface area (Å²) < 4.78 is 13.7. The van der Waals surface area contributed by atoms with E-state index in [1.54, 1.807) is 6.07 Å². The molecule has 96 valence electrons. The minimum absolute atomic E-state index is 0.0537. The number of anilines is 1. The molecule has 4 heteroatoms. The fourth-order valence-electron chi connectivity index (χ4n) is 3.36. The lowest BCUT2D eigenvalue weighted by Crippen LogP contribution is -2.33. The first-order chi connectivity index (χ1) is 8.64. The van der Waals surface area contributed by atoms with Crippen molar-refractivity contribution in [2.24, 2.45) is 5.73 Å². The molecule has 3 nitrogen and oxygen atoms in total. The first-order valence-electron chi connectivity index (χ1n) is 6.47. The number of carbonyl (C=O) groups is 1. The lowest BCUT2D eigenvalue weighted by atomic mass is 9.77. The summed E-state index contributed by atoms with van der Waals surface area (Å²) in [5.74, 6) is -0.318. The minimum atomic E-state index is -0.264. The molecular formula is C14H17FN2O. The van der Waals surface area contributed by atoms with E-state index in [9.17, 15) is 9.18 Å². The predicted octanol–water partition coefficient (Wildman–Crippen LogP) is 2.09. The monoisotopic (exact) mass is 248 g/mol. The van der Waals surface area contributed by atoms with Gasteiger partial charge in [0, 0.05) is 17.6 Å². The highest BCUT2D eigenvalue weighted by atomic mass is 19.1. The lowest BCUT2D eigenvalue weighted by molar-refractivity contribution is -0.115. The summed E-state index contributed by atoms with van der Waals surface area (Å²) in [7, 11) is 0. The molecule has 0 bridgehead atoms. The minimum Gasteiger partial charge on any atom is -0.330 e. The molecule has 1 fully saturated rings. The van der Waals surface area contributed by atoms with Crippen LogP contribution in [0.25, 0.3) is 0 Å². The quantitative estimate of drug-likeness (QED) is 0.842. The number of halogens is 1. The fourth-order valence-corrected chi connectivity index (χ4v) is 3.36. The number of hydrogen-bond acceptors (Lipinski definition) is 2. The highest BCUT2D eigenvalue weighted by Crippen LogP contribution is 2.45. The molecule has 1 aromatic rings. The number of amides is 1. The predicted molar refractivity (Wildman–Crippen MR) is 67.9 cm³/mol. The van der Waals surface area contributed by atoms with Gasteiger partial charge in [-0.2, -0.15) is 0 Å². The number of carbonyl (C=O) groups excluding carboxylic acids is 1. The van der Waals surface area contributed by atoms with E-state index in [0.29, 0.717) is 6.54 Å². The molecular weight excluding hydrogens is 231 g/mol. The van der Waals surface area contributed by atoms with Gasteiger partial charge in [-0.15, -0.1) is 0 Å². The lowest BCUT2D eigenvalue weighted by Gasteiger charge is -2.30. The molecule has 0 unspecified atom stereocenters. The zero-order chi connectivity index (χ0) is 12.8. The third kappa shape index (κ3) is 1.63. The molecule has 3 rings (SSSR count). The van der Waals surface area contributed by atoms with Crippen molar-refractivity contribution in [3.63, 3.8) is 0 Å². The Hall–Kier alpha value is -1.42. The zero-order valence-corrected chi connectivity index (χ0v) is 10.3. The number of benzene rings is 1. The molecule has 1 aromatic carbocycles. The van der Waals surface area contributed by atoms with Crippen LogP contribution in [0.1, 0.15) is 36.8 Å². The number of nitrogens with two attached hydrogens (primary N) is 1. The van der Waals surface area contributed by atoms with E-state index < -0.39 is 0 Å². The number of fused-ring (bicyclic) bond motifs is 1. The molecule has 1 saturated carbocycles. The Morgan fingerprint density at radius 2 is 2.06 bits per heavy atom. The molecule has 0 aromatic heterocycles. The first kappa shape index (κ1) is 11.7. The van der Waals surface area contributed by atoms with Crippen molar-refractivity contribution >= 4 is 11.6 Å². The van der Waals surface area contributed by atoms with E-state index in [0.717, 1.165) is 42.5 Å². The zero-order valence-electron chi connectivity index (χ0n) is 10.3. The van der Waals surface area contributed by atoms with Crippen molar-refractivity contribution in [2.45, 2.75) is 37.5 Å². The van der Waals surface area contributed by atoms with Crippen molar-refractivity contribution in [2.75, 3.05) is 11.9 Å². The third-order valence-electron chi connectivity index (χ3n) is 4.32. The highest BCUT2D eigenvalue weighted by molar-refractivity contribution is 6.00. The Morgan fingerprint density at radius 3 is 2.72 bits per heavy atom. The van der Waals surface area contributed by atoms with Gasteiger partial charge in [-0.25, -0.2) is 4.39 Å². The van der Waals surface area contributed by atoms with E-state index in [1.807, 2.05) is 0 Å². The second kappa shape index (κ2) is 4.05. The molecule has 1 aliphatic carbocycles. The van der Waals surface area contributed by atoms with Gasteiger partial charge in [0.05, 0.1) is 6.42 Å². The maximum atomic E-state index is 13.7. The summed E-state index contributed by atoms with van der Waals surface area (Å²) in [5.41, 5.74) is 8.29. The summed E-state index contributed by atoms with van der Waals surface area (Å²) in [6.45, 7) is 0.513. The standard InChI is InChI=1S/C14H17FN2O/c15-10-5-9-6-12(18)17-13(9)11(7-10)14(8-16)3-1-2-4-14/h5,7H,1-4,6,8,16H2,(H,17,18). The van der Waals surface area contributed by atoms with Crippen molar-refractivity contribution in [1.29, 1.82) is 0 Å². The Labute approximate surface area is 106 Å². The molecule has 0 saturated heterocycles. The Balaban J connectivity index is 2.15. The summed E-state index contributed by atoms with van der Waals surface area (Å²) in [6.07, 6.45) is 4.48. The second-order valence-corrected chi connectivity index (χ2v) is 5.40. The van der Waals surface area contributed by atoms with Gasteiger partial charge in [0.25, 0.3) is 0 Å². The third-order valence-corrected chi connectivity index (χ3v) is 4.32. The Bertz CT molecular complexity index is 507. The molecule has 0 spiro atoms. The van der Waals surface area contributed by atoms with Crippen LogP contribution in [-0.2, 0) is 16.6 Å². The average molecular weight is 248 g/mol. The van der Waals surface area contributed by atoms with Gasteiger partial charge >= 0.3 is 0 Å². The van der Waals surface area contributed by atoms with Gasteiger partial charge in [0.15, 0.2) is 0 Å². The van der Waals surface area contributed by atoms with Crippen molar-refractivity contribution < 1.29 is 9.18 Å². The maximum Gasteiger partial charge on any atom is 0.228 e. The van der Waals surface area contributed by atoms with Gasteiger partial charge in [-0.1, -0.05) is 12.8 Å². The van der Waals surface area contributed by atoms with Gasteiger partial charge < -0.3 is 11.1 Å². The molecule has 18 heavy (non-hydrogen) atoms. The molecule has 2 aliphatic rings. The normalized spacial score (nSPS) is 20.9. The molecule has 0 radical (unpaired) electrons. The first-order valence-corrected chi connectivity index (χ1v) is 6.47. The van der Waals surface area contributed by atoms with Crippen LogP contribution in [0.3, 0.4) is 0 Å². The summed E-state index contributed by atoms with van der Waals surface area (Å²) in [4.78, 5) is 11.5. The van der Waals surface area contributed by atoms with Crippen LogP contribution >= 0.6 is 0 Å². The van der Waals surface area contributed by atoms with Crippen LogP contribution in [0.5, 0.6) is 0 Å². The van der Waals surface area contributed by atoms with Crippen LogP contribution in [0.2, 0.25) is 0 Å². The van der Waals surface area contributed by atoms with Crippen molar-refractivity contribution in [3.05, 3.63) is 29.1 Å². The summed E-state index contributed by atoms with van der Waals surface area (Å²) in [6, 6.07) is 3.01. The molecule has 1 aliphatic heterocycles. The van der Waals surface area contributed by atoms with E-state index >= 15 is 0 Å².